The van der Waals surface area contributed by atoms with Crippen molar-refractivity contribution < 1.29 is 0 Å². The number of rotatable bonds is 4. The summed E-state index contributed by atoms with van der Waals surface area (Å²) in [6.45, 7) is 1.21. The predicted molar refractivity (Wildman–Crippen MR) is 65.7 cm³/mol. The molecule has 7 heteroatoms. The van der Waals surface area contributed by atoms with Crippen molar-refractivity contribution >= 4 is 0 Å². The van der Waals surface area contributed by atoms with Crippen molar-refractivity contribution in [1.82, 2.24) is 30.2 Å². The van der Waals surface area contributed by atoms with Crippen LogP contribution in [0.15, 0.2) is 6.20 Å². The Hall–Kier alpha value is -1.76. The van der Waals surface area contributed by atoms with Gasteiger partial charge in [-0.05, 0) is 12.8 Å². The number of nitrogens with one attached hydrogen (secondary N) is 1. The standard InChI is InChI=1S/C11H17N7/c12-5-6-18-7-9(14-17-18)11-13-10(15-16-11)8-3-1-2-4-8/h7-8H,1-6,12H2,(H,13,15,16). The summed E-state index contributed by atoms with van der Waals surface area (Å²) in [5.74, 6) is 2.14. The maximum absolute atomic E-state index is 5.47. The minimum absolute atomic E-state index is 0.533. The van der Waals surface area contributed by atoms with Gasteiger partial charge in [-0.1, -0.05) is 18.1 Å². The van der Waals surface area contributed by atoms with Crippen LogP contribution in [0.4, 0.5) is 0 Å². The van der Waals surface area contributed by atoms with E-state index >= 15 is 0 Å². The highest BCUT2D eigenvalue weighted by molar-refractivity contribution is 5.45. The molecule has 2 aromatic heterocycles. The Morgan fingerprint density at radius 3 is 3.00 bits per heavy atom. The number of aromatic nitrogens is 6. The molecule has 0 atom stereocenters. The molecule has 0 spiro atoms. The van der Waals surface area contributed by atoms with Gasteiger partial charge in [-0.15, -0.1) is 5.10 Å². The lowest BCUT2D eigenvalue weighted by Gasteiger charge is -2.01. The molecule has 2 heterocycles. The molecule has 0 aromatic carbocycles. The highest BCUT2D eigenvalue weighted by Crippen LogP contribution is 2.32. The molecule has 1 aliphatic carbocycles. The molecule has 1 fully saturated rings. The van der Waals surface area contributed by atoms with Gasteiger partial charge in [0.15, 0.2) is 5.69 Å². The summed E-state index contributed by atoms with van der Waals surface area (Å²) < 4.78 is 1.71. The molecule has 1 aliphatic rings. The second kappa shape index (κ2) is 4.85. The molecule has 96 valence electrons. The molecule has 0 radical (unpaired) electrons. The van der Waals surface area contributed by atoms with Crippen LogP contribution in [0.1, 0.15) is 37.4 Å². The van der Waals surface area contributed by atoms with E-state index in [1.54, 1.807) is 4.68 Å². The van der Waals surface area contributed by atoms with E-state index in [0.717, 1.165) is 5.82 Å². The normalized spacial score (nSPS) is 16.5. The zero-order valence-electron chi connectivity index (χ0n) is 10.2. The van der Waals surface area contributed by atoms with Crippen molar-refractivity contribution in [2.75, 3.05) is 6.54 Å². The molecule has 0 amide bonds. The van der Waals surface area contributed by atoms with Crippen LogP contribution in [0.5, 0.6) is 0 Å². The molecule has 3 rings (SSSR count). The molecule has 0 unspecified atom stereocenters. The first-order chi connectivity index (χ1) is 8.86. The van der Waals surface area contributed by atoms with Crippen molar-refractivity contribution in [2.45, 2.75) is 38.1 Å². The predicted octanol–water partition coefficient (Wildman–Crippen LogP) is 0.679. The number of nitrogens with two attached hydrogens (primary N) is 1. The van der Waals surface area contributed by atoms with Gasteiger partial charge in [-0.25, -0.2) is 4.98 Å². The van der Waals surface area contributed by atoms with Gasteiger partial charge in [-0.3, -0.25) is 9.78 Å². The highest BCUT2D eigenvalue weighted by atomic mass is 15.4. The first-order valence-electron chi connectivity index (χ1n) is 6.39. The maximum atomic E-state index is 5.47. The van der Waals surface area contributed by atoms with Gasteiger partial charge in [0.25, 0.3) is 0 Å². The fourth-order valence-electron chi connectivity index (χ4n) is 2.41. The smallest absolute Gasteiger partial charge is 0.203 e. The largest absolute Gasteiger partial charge is 0.329 e. The van der Waals surface area contributed by atoms with Crippen LogP contribution in [-0.2, 0) is 6.54 Å². The SMILES string of the molecule is NCCn1cc(-c2n[nH]c(C3CCCC3)n2)nn1. The minimum atomic E-state index is 0.533. The van der Waals surface area contributed by atoms with Crippen molar-refractivity contribution in [3.05, 3.63) is 12.0 Å². The van der Waals surface area contributed by atoms with Crippen LogP contribution in [0.3, 0.4) is 0 Å². The minimum Gasteiger partial charge on any atom is -0.329 e. The summed E-state index contributed by atoms with van der Waals surface area (Å²) in [6, 6.07) is 0. The van der Waals surface area contributed by atoms with Crippen molar-refractivity contribution in [3.63, 3.8) is 0 Å². The Bertz CT molecular complexity index is 509. The molecule has 18 heavy (non-hydrogen) atoms. The lowest BCUT2D eigenvalue weighted by atomic mass is 10.1. The molecular weight excluding hydrogens is 230 g/mol. The van der Waals surface area contributed by atoms with Gasteiger partial charge in [0.2, 0.25) is 5.82 Å². The van der Waals surface area contributed by atoms with Crippen LogP contribution < -0.4 is 5.73 Å². The first-order valence-corrected chi connectivity index (χ1v) is 6.39. The van der Waals surface area contributed by atoms with Crippen LogP contribution >= 0.6 is 0 Å². The lowest BCUT2D eigenvalue weighted by Crippen LogP contribution is -2.10. The number of hydrogen-bond acceptors (Lipinski definition) is 5. The molecule has 0 aliphatic heterocycles. The van der Waals surface area contributed by atoms with Gasteiger partial charge < -0.3 is 5.73 Å². The quantitative estimate of drug-likeness (QED) is 0.827. The molecule has 3 N–H and O–H groups in total. The van der Waals surface area contributed by atoms with E-state index in [0.29, 0.717) is 30.5 Å². The van der Waals surface area contributed by atoms with Gasteiger partial charge in [0.05, 0.1) is 12.7 Å². The fourth-order valence-corrected chi connectivity index (χ4v) is 2.41. The Kier molecular flexibility index (Phi) is 3.06. The van der Waals surface area contributed by atoms with Gasteiger partial charge in [0.1, 0.15) is 5.82 Å². The summed E-state index contributed by atoms with van der Waals surface area (Å²) >= 11 is 0. The van der Waals surface area contributed by atoms with E-state index in [9.17, 15) is 0 Å². The van der Waals surface area contributed by atoms with E-state index in [2.05, 4.69) is 25.5 Å². The number of H-pyrrole nitrogens is 1. The second-order valence-corrected chi connectivity index (χ2v) is 4.68. The summed E-state index contributed by atoms with van der Waals surface area (Å²) in [6.07, 6.45) is 6.80. The maximum Gasteiger partial charge on any atom is 0.203 e. The molecule has 0 saturated heterocycles. The van der Waals surface area contributed by atoms with Crippen LogP contribution in [0, 0.1) is 0 Å². The van der Waals surface area contributed by atoms with E-state index in [-0.39, 0.29) is 0 Å². The van der Waals surface area contributed by atoms with Crippen molar-refractivity contribution in [3.8, 4) is 11.5 Å². The van der Waals surface area contributed by atoms with E-state index in [1.807, 2.05) is 6.20 Å². The summed E-state index contributed by atoms with van der Waals surface area (Å²) in [5, 5.41) is 15.3. The van der Waals surface area contributed by atoms with E-state index in [1.165, 1.54) is 25.7 Å². The summed E-state index contributed by atoms with van der Waals surface area (Å²) in [4.78, 5) is 4.52. The third-order valence-electron chi connectivity index (χ3n) is 3.37. The average Bonchev–Trinajstić information content (AvgIpc) is 3.10. The van der Waals surface area contributed by atoms with Crippen molar-refractivity contribution in [1.29, 1.82) is 0 Å². The third-order valence-corrected chi connectivity index (χ3v) is 3.37. The fraction of sp³-hybridized carbons (Fsp3) is 0.636. The monoisotopic (exact) mass is 247 g/mol. The zero-order valence-corrected chi connectivity index (χ0v) is 10.2. The Labute approximate surface area is 105 Å². The number of aromatic amines is 1. The topological polar surface area (TPSA) is 98.3 Å². The molecule has 7 nitrogen and oxygen atoms in total. The number of nitrogens with zero attached hydrogens (tertiary/aromatic N) is 5. The zero-order chi connectivity index (χ0) is 12.4. The van der Waals surface area contributed by atoms with Gasteiger partial charge in [0, 0.05) is 12.5 Å². The number of hydrogen-bond donors (Lipinski definition) is 2. The average molecular weight is 247 g/mol. The molecule has 0 bridgehead atoms. The second-order valence-electron chi connectivity index (χ2n) is 4.68. The van der Waals surface area contributed by atoms with E-state index < -0.39 is 0 Å². The summed E-state index contributed by atoms with van der Waals surface area (Å²) in [7, 11) is 0. The van der Waals surface area contributed by atoms with E-state index in [4.69, 9.17) is 5.73 Å². The Morgan fingerprint density at radius 2 is 2.22 bits per heavy atom. The highest BCUT2D eigenvalue weighted by Gasteiger charge is 2.21. The van der Waals surface area contributed by atoms with Gasteiger partial charge in [-0.2, -0.15) is 5.10 Å². The Morgan fingerprint density at radius 1 is 1.39 bits per heavy atom. The van der Waals surface area contributed by atoms with Crippen LogP contribution in [0.25, 0.3) is 11.5 Å². The molecule has 1 saturated carbocycles. The van der Waals surface area contributed by atoms with Gasteiger partial charge >= 0.3 is 0 Å². The molecular formula is C11H17N7. The lowest BCUT2D eigenvalue weighted by molar-refractivity contribution is 0.598. The van der Waals surface area contributed by atoms with Crippen LogP contribution in [-0.4, -0.2) is 36.7 Å². The molecule has 2 aromatic rings. The van der Waals surface area contributed by atoms with Crippen LogP contribution in [0.2, 0.25) is 0 Å². The first kappa shape index (κ1) is 11.3. The third kappa shape index (κ3) is 2.13. The van der Waals surface area contributed by atoms with Crippen molar-refractivity contribution in [2.24, 2.45) is 5.73 Å². The Balaban J connectivity index is 1.78. The summed E-state index contributed by atoms with van der Waals surface area (Å²) in [5.41, 5.74) is 6.17.